The fraction of sp³-hybridized carbons (Fsp3) is 0.250. The lowest BCUT2D eigenvalue weighted by Crippen LogP contribution is -2.58. The van der Waals surface area contributed by atoms with E-state index in [2.05, 4.69) is 0 Å². The molecule has 6 nitrogen and oxygen atoms in total. The zero-order valence-corrected chi connectivity index (χ0v) is 20.5. The third kappa shape index (κ3) is 4.42. The van der Waals surface area contributed by atoms with Crippen molar-refractivity contribution in [3.63, 3.8) is 0 Å². The highest BCUT2D eigenvalue weighted by molar-refractivity contribution is 6.30. The number of amides is 2. The van der Waals surface area contributed by atoms with Crippen LogP contribution in [0.15, 0.2) is 66.7 Å². The van der Waals surface area contributed by atoms with E-state index in [1.165, 1.54) is 0 Å². The summed E-state index contributed by atoms with van der Waals surface area (Å²) in [5, 5.41) is 0.647. The molecular formula is C28H26ClN3O3. The largest absolute Gasteiger partial charge is 0.378 e. The second kappa shape index (κ2) is 9.19. The van der Waals surface area contributed by atoms with E-state index in [9.17, 15) is 14.4 Å². The van der Waals surface area contributed by atoms with Crippen molar-refractivity contribution >= 4 is 34.9 Å². The average molecular weight is 488 g/mol. The Morgan fingerprint density at radius 1 is 0.914 bits per heavy atom. The van der Waals surface area contributed by atoms with Crippen LogP contribution in [-0.4, -0.2) is 67.2 Å². The Hall–Kier alpha value is -3.64. The van der Waals surface area contributed by atoms with Gasteiger partial charge in [-0.2, -0.15) is 0 Å². The monoisotopic (exact) mass is 487 g/mol. The van der Waals surface area contributed by atoms with Crippen LogP contribution in [0.2, 0.25) is 5.02 Å². The number of rotatable bonds is 3. The summed E-state index contributed by atoms with van der Waals surface area (Å²) in [6, 6.07) is 19.9. The Kier molecular flexibility index (Phi) is 6.07. The molecule has 2 aliphatic rings. The number of hydrogen-bond donors (Lipinski definition) is 0. The molecule has 3 aromatic rings. The van der Waals surface area contributed by atoms with E-state index in [1.807, 2.05) is 73.6 Å². The van der Waals surface area contributed by atoms with Crippen molar-refractivity contribution in [3.8, 4) is 11.1 Å². The van der Waals surface area contributed by atoms with Crippen molar-refractivity contribution in [2.45, 2.75) is 12.5 Å². The van der Waals surface area contributed by atoms with Gasteiger partial charge in [0.15, 0.2) is 5.78 Å². The first-order valence-corrected chi connectivity index (χ1v) is 12.0. The second-order valence-electron chi connectivity index (χ2n) is 9.23. The van der Waals surface area contributed by atoms with Gasteiger partial charge in [-0.25, -0.2) is 0 Å². The molecule has 1 fully saturated rings. The molecule has 178 valence electrons. The summed E-state index contributed by atoms with van der Waals surface area (Å²) in [7, 11) is 3.89. The summed E-state index contributed by atoms with van der Waals surface area (Å²) in [5.41, 5.74) is 4.71. The molecule has 2 aliphatic heterocycles. The first kappa shape index (κ1) is 23.1. The van der Waals surface area contributed by atoms with E-state index >= 15 is 0 Å². The molecule has 0 N–H and O–H groups in total. The molecule has 2 heterocycles. The highest BCUT2D eigenvalue weighted by Gasteiger charge is 2.40. The average Bonchev–Trinajstić information content (AvgIpc) is 2.97. The molecular weight excluding hydrogens is 462 g/mol. The predicted molar refractivity (Wildman–Crippen MR) is 137 cm³/mol. The molecule has 0 bridgehead atoms. The smallest absolute Gasteiger partial charge is 0.254 e. The van der Waals surface area contributed by atoms with Crippen molar-refractivity contribution in [2.24, 2.45) is 0 Å². The Bertz CT molecular complexity index is 1300. The van der Waals surface area contributed by atoms with Crippen molar-refractivity contribution in [1.82, 2.24) is 9.80 Å². The Labute approximate surface area is 209 Å². The van der Waals surface area contributed by atoms with Crippen LogP contribution < -0.4 is 4.90 Å². The molecule has 7 heteroatoms. The zero-order valence-electron chi connectivity index (χ0n) is 19.7. The quantitative estimate of drug-likeness (QED) is 0.556. The molecule has 0 aromatic heterocycles. The lowest BCUT2D eigenvalue weighted by molar-refractivity contribution is -0.124. The minimum Gasteiger partial charge on any atom is -0.378 e. The van der Waals surface area contributed by atoms with Crippen molar-refractivity contribution in [1.29, 1.82) is 0 Å². The van der Waals surface area contributed by atoms with Crippen molar-refractivity contribution < 1.29 is 14.4 Å². The molecule has 0 unspecified atom stereocenters. The molecule has 1 atom stereocenters. The molecule has 0 spiro atoms. The molecule has 1 saturated heterocycles. The number of anilines is 1. The van der Waals surface area contributed by atoms with E-state index in [-0.39, 0.29) is 30.6 Å². The van der Waals surface area contributed by atoms with Gasteiger partial charge in [0.25, 0.3) is 11.8 Å². The number of hydrogen-bond acceptors (Lipinski definition) is 4. The summed E-state index contributed by atoms with van der Waals surface area (Å²) in [6.45, 7) is 0.911. The van der Waals surface area contributed by atoms with E-state index in [0.29, 0.717) is 29.2 Å². The standard InChI is InChI=1S/C28H26ClN3O3/c1-30(2)23-11-7-19(8-12-23)27(34)31-13-14-32-25(17-31)26(33)16-21-4-3-20(15-24(21)28(32)35)18-5-9-22(29)10-6-18/h3-12,15,25H,13-14,16-17H2,1-2H3/t25-/m1/s1. The van der Waals surface area contributed by atoms with E-state index in [0.717, 1.165) is 22.4 Å². The van der Waals surface area contributed by atoms with E-state index in [1.54, 1.807) is 21.9 Å². The van der Waals surface area contributed by atoms with Gasteiger partial charge in [0, 0.05) is 62.0 Å². The SMILES string of the molecule is CN(C)c1ccc(C(=O)N2CCN3C(=O)c4cc(-c5ccc(Cl)cc5)ccc4CC(=O)[C@H]3C2)cc1. The molecule has 0 radical (unpaired) electrons. The topological polar surface area (TPSA) is 60.9 Å². The number of fused-ring (bicyclic) bond motifs is 2. The number of benzene rings is 3. The van der Waals surface area contributed by atoms with Crippen LogP contribution in [0.4, 0.5) is 5.69 Å². The van der Waals surface area contributed by atoms with Gasteiger partial charge in [-0.3, -0.25) is 14.4 Å². The molecule has 3 aromatic carbocycles. The zero-order chi connectivity index (χ0) is 24.7. The van der Waals surface area contributed by atoms with Crippen LogP contribution in [0.5, 0.6) is 0 Å². The molecule has 35 heavy (non-hydrogen) atoms. The number of nitrogens with zero attached hydrogens (tertiary/aromatic N) is 3. The molecule has 2 amide bonds. The first-order chi connectivity index (χ1) is 16.8. The molecule has 5 rings (SSSR count). The van der Waals surface area contributed by atoms with Gasteiger partial charge in [0.2, 0.25) is 0 Å². The molecule has 0 aliphatic carbocycles. The van der Waals surface area contributed by atoms with Crippen LogP contribution in [0.3, 0.4) is 0 Å². The fourth-order valence-electron chi connectivity index (χ4n) is 4.78. The van der Waals surface area contributed by atoms with Gasteiger partial charge in [-0.05, 0) is 59.2 Å². The Morgan fingerprint density at radius 3 is 2.29 bits per heavy atom. The van der Waals surface area contributed by atoms with Crippen LogP contribution in [0, 0.1) is 0 Å². The maximum atomic E-state index is 13.5. The van der Waals surface area contributed by atoms with Gasteiger partial charge < -0.3 is 14.7 Å². The number of Topliss-reactive ketones (excluding diaryl/α,β-unsaturated/α-hetero) is 1. The van der Waals surface area contributed by atoms with Crippen molar-refractivity contribution in [2.75, 3.05) is 38.6 Å². The number of carbonyl (C=O) groups excluding carboxylic acids is 3. The lowest BCUT2D eigenvalue weighted by Gasteiger charge is -2.39. The van der Waals surface area contributed by atoms with E-state index in [4.69, 9.17) is 11.6 Å². The second-order valence-corrected chi connectivity index (χ2v) is 9.67. The fourth-order valence-corrected chi connectivity index (χ4v) is 4.91. The summed E-state index contributed by atoms with van der Waals surface area (Å²) in [6.07, 6.45) is 0.169. The Morgan fingerprint density at radius 2 is 1.60 bits per heavy atom. The van der Waals surface area contributed by atoms with Crippen LogP contribution >= 0.6 is 11.6 Å². The maximum Gasteiger partial charge on any atom is 0.254 e. The summed E-state index contributed by atoms with van der Waals surface area (Å²) in [5.74, 6) is -0.326. The summed E-state index contributed by atoms with van der Waals surface area (Å²) < 4.78 is 0. The number of ketones is 1. The van der Waals surface area contributed by atoms with Gasteiger partial charge >= 0.3 is 0 Å². The summed E-state index contributed by atoms with van der Waals surface area (Å²) in [4.78, 5) is 45.2. The van der Waals surface area contributed by atoms with Gasteiger partial charge in [0.1, 0.15) is 6.04 Å². The summed E-state index contributed by atoms with van der Waals surface area (Å²) >= 11 is 6.02. The minimum absolute atomic E-state index is 0.0446. The molecule has 0 saturated carbocycles. The number of halogens is 1. The highest BCUT2D eigenvalue weighted by atomic mass is 35.5. The Balaban J connectivity index is 1.38. The van der Waals surface area contributed by atoms with E-state index < -0.39 is 6.04 Å². The highest BCUT2D eigenvalue weighted by Crippen LogP contribution is 2.29. The third-order valence-corrected chi connectivity index (χ3v) is 7.07. The minimum atomic E-state index is -0.646. The van der Waals surface area contributed by atoms with Crippen LogP contribution in [0.25, 0.3) is 11.1 Å². The number of piperazine rings is 1. The third-order valence-electron chi connectivity index (χ3n) is 6.81. The van der Waals surface area contributed by atoms with Crippen LogP contribution in [0.1, 0.15) is 26.3 Å². The normalized spacial score (nSPS) is 17.5. The maximum absolute atomic E-state index is 13.5. The van der Waals surface area contributed by atoms with Gasteiger partial charge in [-0.15, -0.1) is 0 Å². The predicted octanol–water partition coefficient (Wildman–Crippen LogP) is 4.17. The number of carbonyl (C=O) groups is 3. The van der Waals surface area contributed by atoms with Crippen molar-refractivity contribution in [3.05, 3.63) is 88.4 Å². The lowest BCUT2D eigenvalue weighted by atomic mass is 9.96. The first-order valence-electron chi connectivity index (χ1n) is 11.6. The van der Waals surface area contributed by atoms with Gasteiger partial charge in [-0.1, -0.05) is 35.9 Å². The van der Waals surface area contributed by atoms with Crippen LogP contribution in [-0.2, 0) is 11.2 Å². The van der Waals surface area contributed by atoms with Gasteiger partial charge in [0.05, 0.1) is 0 Å².